The van der Waals surface area contributed by atoms with Crippen molar-refractivity contribution in [1.29, 1.82) is 0 Å². The van der Waals surface area contributed by atoms with E-state index in [0.29, 0.717) is 35.1 Å². The van der Waals surface area contributed by atoms with E-state index in [-0.39, 0.29) is 0 Å². The zero-order valence-electron chi connectivity index (χ0n) is 34.4. The van der Waals surface area contributed by atoms with Crippen LogP contribution in [-0.2, 0) is 9.47 Å². The molecular formula is C46H46N10O4S2. The van der Waals surface area contributed by atoms with Crippen molar-refractivity contribution in [3.63, 3.8) is 0 Å². The summed E-state index contributed by atoms with van der Waals surface area (Å²) >= 11 is 3.26. The summed E-state index contributed by atoms with van der Waals surface area (Å²) < 4.78 is 25.1. The number of hydrogen-bond donors (Lipinski definition) is 2. The molecule has 2 N–H and O–H groups in total. The number of nitrogens with one attached hydrogen (secondary N) is 2. The highest BCUT2D eigenvalue weighted by atomic mass is 32.1. The average Bonchev–Trinajstić information content (AvgIpc) is 4.13. The van der Waals surface area contributed by atoms with Gasteiger partial charge in [0.15, 0.2) is 21.9 Å². The number of fused-ring (bicyclic) bond motifs is 2. The lowest BCUT2D eigenvalue weighted by molar-refractivity contribution is 0.160. The molecule has 2 atom stereocenters. The number of anilines is 6. The third-order valence-corrected chi connectivity index (χ3v) is 12.4. The lowest BCUT2D eigenvalue weighted by atomic mass is 10.1. The van der Waals surface area contributed by atoms with Gasteiger partial charge in [-0.15, -0.1) is 0 Å². The fraction of sp³-hybridized carbons (Fsp3) is 0.261. The Labute approximate surface area is 367 Å². The summed E-state index contributed by atoms with van der Waals surface area (Å²) in [7, 11) is 3.49. The predicted octanol–water partition coefficient (Wildman–Crippen LogP) is 10.2. The molecule has 14 nitrogen and oxygen atoms in total. The van der Waals surface area contributed by atoms with E-state index in [2.05, 4.69) is 62.5 Å². The number of ether oxygens (including phenoxy) is 4. The van der Waals surface area contributed by atoms with Crippen molar-refractivity contribution < 1.29 is 18.9 Å². The molecule has 0 unspecified atom stereocenters. The fourth-order valence-electron chi connectivity index (χ4n) is 7.54. The van der Waals surface area contributed by atoms with Crippen LogP contribution in [0.5, 0.6) is 23.3 Å². The molecule has 2 aliphatic heterocycles. The van der Waals surface area contributed by atoms with Crippen LogP contribution in [0.25, 0.3) is 20.4 Å². The molecule has 0 radical (unpaired) electrons. The SMILES string of the molecule is COC[C@@H]1CCN(c2nccnc2Oc2ccc(Nc3nc4ccccc4s3)cc2)C1.COC[C@H]1CCN(c2nccnc2Oc2ccc(Nc3nc4ccccc4s3)cc2)C1. The molecular weight excluding hydrogens is 821 g/mol. The zero-order chi connectivity index (χ0) is 42.1. The van der Waals surface area contributed by atoms with Gasteiger partial charge in [0, 0.05) is 88.4 Å². The van der Waals surface area contributed by atoms with Crippen molar-refractivity contribution in [3.8, 4) is 23.3 Å². The average molecular weight is 867 g/mol. The van der Waals surface area contributed by atoms with Gasteiger partial charge >= 0.3 is 0 Å². The lowest BCUT2D eigenvalue weighted by Gasteiger charge is -2.19. The Hall–Kier alpha value is -6.46. The summed E-state index contributed by atoms with van der Waals surface area (Å²) in [5.41, 5.74) is 3.90. The van der Waals surface area contributed by atoms with Crippen LogP contribution in [0.1, 0.15) is 12.8 Å². The molecule has 0 saturated carbocycles. The van der Waals surface area contributed by atoms with Crippen molar-refractivity contribution in [1.82, 2.24) is 29.9 Å². The minimum atomic E-state index is 0.507. The predicted molar refractivity (Wildman–Crippen MR) is 247 cm³/mol. The Kier molecular flexibility index (Phi) is 12.9. The van der Waals surface area contributed by atoms with E-state index in [1.807, 2.05) is 84.9 Å². The summed E-state index contributed by atoms with van der Waals surface area (Å²) in [6, 6.07) is 31.8. The molecule has 4 aromatic heterocycles. The number of rotatable bonds is 14. The highest BCUT2D eigenvalue weighted by molar-refractivity contribution is 7.22. The first-order valence-corrected chi connectivity index (χ1v) is 22.1. The maximum absolute atomic E-state index is 6.08. The fourth-order valence-corrected chi connectivity index (χ4v) is 9.31. The number of aromatic nitrogens is 6. The van der Waals surface area contributed by atoms with E-state index < -0.39 is 0 Å². The highest BCUT2D eigenvalue weighted by Gasteiger charge is 2.27. The quantitative estimate of drug-likeness (QED) is 0.107. The van der Waals surface area contributed by atoms with Crippen LogP contribution < -0.4 is 29.9 Å². The van der Waals surface area contributed by atoms with Crippen LogP contribution >= 0.6 is 22.7 Å². The third-order valence-electron chi connectivity index (χ3n) is 10.5. The minimum Gasteiger partial charge on any atom is -0.436 e. The molecule has 6 heterocycles. The highest BCUT2D eigenvalue weighted by Crippen LogP contribution is 2.35. The first-order valence-electron chi connectivity index (χ1n) is 20.5. The second-order valence-corrected chi connectivity index (χ2v) is 17.0. The van der Waals surface area contributed by atoms with Gasteiger partial charge in [0.2, 0.25) is 0 Å². The Morgan fingerprint density at radius 3 is 1.39 bits per heavy atom. The van der Waals surface area contributed by atoms with E-state index in [1.54, 1.807) is 61.7 Å². The lowest BCUT2D eigenvalue weighted by Crippen LogP contribution is -2.22. The van der Waals surface area contributed by atoms with Crippen LogP contribution in [0, 0.1) is 11.8 Å². The Morgan fingerprint density at radius 2 is 0.968 bits per heavy atom. The first-order chi connectivity index (χ1) is 30.6. The van der Waals surface area contributed by atoms with Crippen molar-refractivity contribution in [2.24, 2.45) is 11.8 Å². The summed E-state index contributed by atoms with van der Waals surface area (Å²) in [5.74, 6) is 5.03. The van der Waals surface area contributed by atoms with Gasteiger partial charge in [-0.05, 0) is 85.6 Å². The molecule has 2 saturated heterocycles. The summed E-state index contributed by atoms with van der Waals surface area (Å²) in [6.07, 6.45) is 8.88. The second kappa shape index (κ2) is 19.5. The molecule has 4 aromatic carbocycles. The summed E-state index contributed by atoms with van der Waals surface area (Å²) in [5, 5.41) is 8.46. The number of methoxy groups -OCH3 is 2. The van der Waals surface area contributed by atoms with E-state index >= 15 is 0 Å². The van der Waals surface area contributed by atoms with E-state index in [0.717, 1.165) is 106 Å². The normalized spacial score (nSPS) is 16.0. The van der Waals surface area contributed by atoms with E-state index in [1.165, 1.54) is 0 Å². The summed E-state index contributed by atoms with van der Waals surface area (Å²) in [4.78, 5) is 31.6. The monoisotopic (exact) mass is 866 g/mol. The van der Waals surface area contributed by atoms with E-state index in [9.17, 15) is 0 Å². The van der Waals surface area contributed by atoms with Crippen LogP contribution in [-0.4, -0.2) is 83.5 Å². The van der Waals surface area contributed by atoms with Crippen LogP contribution in [0.15, 0.2) is 122 Å². The van der Waals surface area contributed by atoms with Crippen molar-refractivity contribution >= 4 is 76.4 Å². The van der Waals surface area contributed by atoms with Crippen LogP contribution in [0.3, 0.4) is 0 Å². The topological polar surface area (TPSA) is 145 Å². The maximum Gasteiger partial charge on any atom is 0.263 e. The van der Waals surface area contributed by atoms with Crippen LogP contribution in [0.4, 0.5) is 33.3 Å². The molecule has 0 aliphatic carbocycles. The molecule has 316 valence electrons. The van der Waals surface area contributed by atoms with Crippen LogP contribution in [0.2, 0.25) is 0 Å². The molecule has 16 heteroatoms. The largest absolute Gasteiger partial charge is 0.436 e. The first kappa shape index (κ1) is 40.9. The number of thiazole rings is 2. The van der Waals surface area contributed by atoms with Gasteiger partial charge in [0.1, 0.15) is 11.5 Å². The zero-order valence-corrected chi connectivity index (χ0v) is 36.0. The Balaban J connectivity index is 0.000000158. The number of benzene rings is 4. The van der Waals surface area contributed by atoms with Crippen molar-refractivity contribution in [3.05, 3.63) is 122 Å². The molecule has 0 amide bonds. The van der Waals surface area contributed by atoms with E-state index in [4.69, 9.17) is 18.9 Å². The molecule has 0 spiro atoms. The molecule has 10 rings (SSSR count). The summed E-state index contributed by atoms with van der Waals surface area (Å²) in [6.45, 7) is 5.16. The van der Waals surface area contributed by atoms with Gasteiger partial charge in [-0.3, -0.25) is 0 Å². The standard InChI is InChI=1S/2C23H23N5O2S/c2*1-29-15-16-10-13-28(14-16)21-22(25-12-11-24-21)30-18-8-6-17(7-9-18)26-23-27-19-4-2-3-5-20(19)31-23/h2*2-9,11-12,16H,10,13-15H2,1H3,(H,26,27)/t2*16-/m10/s1. The van der Waals surface area contributed by atoms with Crippen molar-refractivity contribution in [2.75, 3.05) is 74.0 Å². The molecule has 2 fully saturated rings. The van der Waals surface area contributed by atoms with Crippen molar-refractivity contribution in [2.45, 2.75) is 12.8 Å². The van der Waals surface area contributed by atoms with Gasteiger partial charge in [-0.2, -0.15) is 0 Å². The molecule has 2 aliphatic rings. The number of nitrogens with zero attached hydrogens (tertiary/aromatic N) is 8. The van der Waals surface area contributed by atoms with Gasteiger partial charge in [0.25, 0.3) is 11.8 Å². The van der Waals surface area contributed by atoms with Gasteiger partial charge in [0.05, 0.1) is 33.6 Å². The smallest absolute Gasteiger partial charge is 0.263 e. The molecule has 0 bridgehead atoms. The van der Waals surface area contributed by atoms with Gasteiger partial charge in [-0.1, -0.05) is 46.9 Å². The number of hydrogen-bond acceptors (Lipinski definition) is 16. The van der Waals surface area contributed by atoms with Gasteiger partial charge < -0.3 is 39.4 Å². The third kappa shape index (κ3) is 10.0. The second-order valence-electron chi connectivity index (χ2n) is 15.0. The molecule has 8 aromatic rings. The minimum absolute atomic E-state index is 0.507. The Bertz CT molecular complexity index is 2450. The maximum atomic E-state index is 6.08. The Morgan fingerprint density at radius 1 is 0.548 bits per heavy atom. The number of para-hydroxylation sites is 2. The van der Waals surface area contributed by atoms with Gasteiger partial charge in [-0.25, -0.2) is 29.9 Å². The molecule has 62 heavy (non-hydrogen) atoms.